The maximum atomic E-state index is 13.2. The Kier molecular flexibility index (Phi) is 2.97. The molecule has 100 valence electrons. The number of anilines is 1. The van der Waals surface area contributed by atoms with Crippen molar-refractivity contribution in [3.05, 3.63) is 23.5 Å². The molecule has 1 saturated heterocycles. The fourth-order valence-electron chi connectivity index (χ4n) is 2.21. The molecule has 2 aromatic rings. The van der Waals surface area contributed by atoms with Gasteiger partial charge in [0.1, 0.15) is 10.7 Å². The lowest BCUT2D eigenvalue weighted by atomic mass is 10.1. The first-order chi connectivity index (χ1) is 9.05. The van der Waals surface area contributed by atoms with Gasteiger partial charge in [0.05, 0.1) is 6.20 Å². The third-order valence-electron chi connectivity index (χ3n) is 3.25. The molecule has 0 aromatic carbocycles. The van der Waals surface area contributed by atoms with Crippen molar-refractivity contribution in [2.24, 2.45) is 0 Å². The first kappa shape index (κ1) is 12.5. The van der Waals surface area contributed by atoms with E-state index in [0.29, 0.717) is 16.5 Å². The molecule has 1 aliphatic heterocycles. The second-order valence-corrected chi connectivity index (χ2v) is 4.97. The summed E-state index contributed by atoms with van der Waals surface area (Å²) in [5.41, 5.74) is 0.595. The van der Waals surface area contributed by atoms with Crippen molar-refractivity contribution in [1.82, 2.24) is 15.2 Å². The van der Waals surface area contributed by atoms with Crippen LogP contribution in [0, 0.1) is 0 Å². The second kappa shape index (κ2) is 4.52. The lowest BCUT2D eigenvalue weighted by Crippen LogP contribution is -2.39. The van der Waals surface area contributed by atoms with Gasteiger partial charge in [-0.1, -0.05) is 11.6 Å². The number of pyridine rings is 1. The van der Waals surface area contributed by atoms with Crippen LogP contribution in [0.4, 0.5) is 14.6 Å². The highest BCUT2D eigenvalue weighted by Crippen LogP contribution is 2.32. The average molecular weight is 285 g/mol. The molecule has 19 heavy (non-hydrogen) atoms. The Morgan fingerprint density at radius 2 is 2.00 bits per heavy atom. The fourth-order valence-corrected chi connectivity index (χ4v) is 2.41. The zero-order valence-corrected chi connectivity index (χ0v) is 10.7. The maximum absolute atomic E-state index is 13.2. The van der Waals surface area contributed by atoms with E-state index in [4.69, 9.17) is 11.6 Å². The number of hydrogen-bond acceptors (Lipinski definition) is 4. The Morgan fingerprint density at radius 3 is 2.74 bits per heavy atom. The number of halogens is 3. The van der Waals surface area contributed by atoms with E-state index in [1.54, 1.807) is 23.2 Å². The van der Waals surface area contributed by atoms with E-state index in [2.05, 4.69) is 15.2 Å². The molecule has 0 spiro atoms. The van der Waals surface area contributed by atoms with Gasteiger partial charge in [0.25, 0.3) is 5.92 Å². The molecule has 2 aromatic heterocycles. The van der Waals surface area contributed by atoms with Crippen LogP contribution in [-0.2, 0) is 0 Å². The summed E-state index contributed by atoms with van der Waals surface area (Å²) in [5.74, 6) is -2.05. The molecule has 0 aliphatic carbocycles. The van der Waals surface area contributed by atoms with Crippen molar-refractivity contribution in [2.45, 2.75) is 18.8 Å². The largest absolute Gasteiger partial charge is 0.354 e. The van der Waals surface area contributed by atoms with Crippen LogP contribution in [0.15, 0.2) is 18.3 Å². The third kappa shape index (κ3) is 2.45. The fraction of sp³-hybridized carbons (Fsp3) is 0.417. The Labute approximate surface area is 113 Å². The van der Waals surface area contributed by atoms with E-state index in [1.165, 1.54) is 0 Å². The Balaban J connectivity index is 2.01. The number of hydrogen-bond donors (Lipinski definition) is 0. The minimum absolute atomic E-state index is 0.178. The van der Waals surface area contributed by atoms with E-state index in [-0.39, 0.29) is 25.9 Å². The molecule has 3 heterocycles. The van der Waals surface area contributed by atoms with Crippen LogP contribution in [0.5, 0.6) is 0 Å². The minimum atomic E-state index is -2.59. The molecule has 0 unspecified atom stereocenters. The first-order valence-corrected chi connectivity index (χ1v) is 6.34. The maximum Gasteiger partial charge on any atom is 0.251 e. The van der Waals surface area contributed by atoms with Gasteiger partial charge in [0.2, 0.25) is 0 Å². The van der Waals surface area contributed by atoms with Crippen molar-refractivity contribution in [2.75, 3.05) is 18.0 Å². The number of nitrogens with zero attached hydrogens (tertiary/aromatic N) is 4. The van der Waals surface area contributed by atoms with Crippen molar-refractivity contribution in [3.8, 4) is 0 Å². The smallest absolute Gasteiger partial charge is 0.251 e. The summed E-state index contributed by atoms with van der Waals surface area (Å²) in [7, 11) is 0. The summed E-state index contributed by atoms with van der Waals surface area (Å²) in [6.45, 7) is 0.484. The molecule has 1 aliphatic rings. The third-order valence-corrected chi connectivity index (χ3v) is 3.44. The van der Waals surface area contributed by atoms with Gasteiger partial charge < -0.3 is 4.90 Å². The number of aromatic nitrogens is 3. The molecule has 0 atom stereocenters. The highest BCUT2D eigenvalue weighted by molar-refractivity contribution is 6.30. The van der Waals surface area contributed by atoms with Crippen molar-refractivity contribution in [3.63, 3.8) is 0 Å². The Morgan fingerprint density at radius 1 is 1.26 bits per heavy atom. The van der Waals surface area contributed by atoms with Crippen molar-refractivity contribution in [1.29, 1.82) is 0 Å². The van der Waals surface area contributed by atoms with Gasteiger partial charge in [-0.05, 0) is 12.1 Å². The van der Waals surface area contributed by atoms with Crippen LogP contribution in [0.2, 0.25) is 5.15 Å². The van der Waals surface area contributed by atoms with Crippen LogP contribution in [0.25, 0.3) is 10.9 Å². The molecular formula is C12H11ClF2N4. The summed E-state index contributed by atoms with van der Waals surface area (Å²) in [4.78, 5) is 6.01. The van der Waals surface area contributed by atoms with Crippen molar-refractivity contribution < 1.29 is 8.78 Å². The van der Waals surface area contributed by atoms with Gasteiger partial charge in [0, 0.05) is 31.3 Å². The zero-order chi connectivity index (χ0) is 13.5. The first-order valence-electron chi connectivity index (χ1n) is 5.96. The second-order valence-electron chi connectivity index (χ2n) is 4.58. The molecule has 0 bridgehead atoms. The van der Waals surface area contributed by atoms with Gasteiger partial charge in [-0.25, -0.2) is 13.8 Å². The number of alkyl halides is 2. The molecule has 1 fully saturated rings. The predicted octanol–water partition coefficient (Wildman–Crippen LogP) is 2.91. The Hall–Kier alpha value is -1.56. The summed E-state index contributed by atoms with van der Waals surface area (Å²) in [6.07, 6.45) is 1.21. The number of fused-ring (bicyclic) bond motifs is 1. The SMILES string of the molecule is FC1(F)CCN(c2nc(Cl)cc3ccnnc23)CC1. The van der Waals surface area contributed by atoms with Crippen LogP contribution < -0.4 is 4.90 Å². The molecule has 3 rings (SSSR count). The number of rotatable bonds is 1. The number of piperidine rings is 1. The standard InChI is InChI=1S/C12H11ClF2N4/c13-9-7-8-1-4-16-18-10(8)11(17-9)19-5-2-12(14,15)3-6-19/h1,4,7H,2-3,5-6H2. The van der Waals surface area contributed by atoms with E-state index in [1.807, 2.05) is 0 Å². The lowest BCUT2D eigenvalue weighted by molar-refractivity contribution is -0.0221. The molecule has 0 saturated carbocycles. The predicted molar refractivity (Wildman–Crippen MR) is 68.7 cm³/mol. The van der Waals surface area contributed by atoms with Crippen LogP contribution in [0.3, 0.4) is 0 Å². The van der Waals surface area contributed by atoms with Gasteiger partial charge in [0.15, 0.2) is 5.82 Å². The van der Waals surface area contributed by atoms with Crippen LogP contribution >= 0.6 is 11.6 Å². The monoisotopic (exact) mass is 284 g/mol. The van der Waals surface area contributed by atoms with Crippen LogP contribution in [0.1, 0.15) is 12.8 Å². The normalized spacial score (nSPS) is 18.8. The quantitative estimate of drug-likeness (QED) is 0.755. The minimum Gasteiger partial charge on any atom is -0.354 e. The highest BCUT2D eigenvalue weighted by Gasteiger charge is 2.35. The van der Waals surface area contributed by atoms with E-state index < -0.39 is 5.92 Å². The highest BCUT2D eigenvalue weighted by atomic mass is 35.5. The van der Waals surface area contributed by atoms with Crippen LogP contribution in [-0.4, -0.2) is 34.2 Å². The molecule has 7 heteroatoms. The van der Waals surface area contributed by atoms with E-state index in [9.17, 15) is 8.78 Å². The summed E-state index contributed by atoms with van der Waals surface area (Å²) < 4.78 is 26.4. The summed E-state index contributed by atoms with van der Waals surface area (Å²) in [5, 5.41) is 8.99. The molecule has 0 amide bonds. The topological polar surface area (TPSA) is 41.9 Å². The lowest BCUT2D eigenvalue weighted by Gasteiger charge is -2.32. The molecular weight excluding hydrogens is 274 g/mol. The molecule has 0 radical (unpaired) electrons. The zero-order valence-electron chi connectivity index (χ0n) is 9.98. The Bertz CT molecular complexity index is 610. The van der Waals surface area contributed by atoms with E-state index >= 15 is 0 Å². The molecule has 4 nitrogen and oxygen atoms in total. The van der Waals surface area contributed by atoms with E-state index in [0.717, 1.165) is 5.39 Å². The van der Waals surface area contributed by atoms with Gasteiger partial charge in [-0.2, -0.15) is 5.10 Å². The molecule has 0 N–H and O–H groups in total. The average Bonchev–Trinajstić information content (AvgIpc) is 2.38. The summed E-state index contributed by atoms with van der Waals surface area (Å²) >= 11 is 5.96. The van der Waals surface area contributed by atoms with Gasteiger partial charge in [-0.15, -0.1) is 5.10 Å². The van der Waals surface area contributed by atoms with Gasteiger partial charge in [-0.3, -0.25) is 0 Å². The van der Waals surface area contributed by atoms with Crippen molar-refractivity contribution >= 4 is 28.3 Å². The van der Waals surface area contributed by atoms with Gasteiger partial charge >= 0.3 is 0 Å². The summed E-state index contributed by atoms with van der Waals surface area (Å²) in [6, 6.07) is 3.46.